The predicted octanol–water partition coefficient (Wildman–Crippen LogP) is 2.23. The number of nitrogens with zero attached hydrogens (tertiary/aromatic N) is 5. The molecule has 2 amide bonds. The zero-order chi connectivity index (χ0) is 28.8. The van der Waals surface area contributed by atoms with Gasteiger partial charge in [0.05, 0.1) is 11.2 Å². The molecule has 0 saturated carbocycles. The van der Waals surface area contributed by atoms with Crippen LogP contribution in [0, 0.1) is 0 Å². The lowest BCUT2D eigenvalue weighted by molar-refractivity contribution is -0.132. The Morgan fingerprint density at radius 3 is 2.46 bits per heavy atom. The summed E-state index contributed by atoms with van der Waals surface area (Å²) in [6.45, 7) is 2.35. The molecule has 6 N–H and O–H groups in total. The molecule has 3 aromatic rings. The van der Waals surface area contributed by atoms with Crippen LogP contribution in [0.2, 0.25) is 0 Å². The van der Waals surface area contributed by atoms with Gasteiger partial charge in [-0.25, -0.2) is 9.97 Å². The van der Waals surface area contributed by atoms with Crippen LogP contribution in [0.15, 0.2) is 53.8 Å². The van der Waals surface area contributed by atoms with Crippen LogP contribution in [0.1, 0.15) is 46.6 Å². The minimum atomic E-state index is -0.589. The number of aromatic nitrogens is 3. The molecule has 1 aromatic carbocycles. The van der Waals surface area contributed by atoms with E-state index in [1.807, 2.05) is 41.3 Å². The number of nitrogens with one attached hydrogen (secondary N) is 2. The van der Waals surface area contributed by atoms with E-state index >= 15 is 0 Å². The van der Waals surface area contributed by atoms with E-state index in [2.05, 4.69) is 53.2 Å². The van der Waals surface area contributed by atoms with Crippen LogP contribution in [0.5, 0.6) is 5.75 Å². The SMILES string of the molecule is Nc1nc(N)c(C(=O)/N=C2\NCC3(CCN(C(=O)CCc4ccc(OCc5ccncc5)cc4)CC3)N2)nc1CI. The lowest BCUT2D eigenvalue weighted by Crippen LogP contribution is -2.53. The van der Waals surface area contributed by atoms with Crippen molar-refractivity contribution in [3.05, 3.63) is 71.3 Å². The Bertz CT molecular complexity index is 1430. The smallest absolute Gasteiger partial charge is 0.302 e. The molecule has 5 rings (SSSR count). The number of aryl methyl sites for hydroxylation is 1. The summed E-state index contributed by atoms with van der Waals surface area (Å²) in [6, 6.07) is 11.7. The van der Waals surface area contributed by atoms with Crippen LogP contribution in [-0.2, 0) is 22.2 Å². The molecule has 1 spiro atoms. The first kappa shape index (κ1) is 28.5. The van der Waals surface area contributed by atoms with E-state index in [1.165, 1.54) is 0 Å². The minimum absolute atomic E-state index is 0.0181. The molecular formula is C28H32IN9O3. The highest BCUT2D eigenvalue weighted by Crippen LogP contribution is 2.26. The van der Waals surface area contributed by atoms with Gasteiger partial charge in [-0.15, -0.1) is 0 Å². The third kappa shape index (κ3) is 7.01. The van der Waals surface area contributed by atoms with Gasteiger partial charge in [0.25, 0.3) is 0 Å². The number of amides is 2. The summed E-state index contributed by atoms with van der Waals surface area (Å²) in [5.41, 5.74) is 14.0. The highest BCUT2D eigenvalue weighted by atomic mass is 127. The van der Waals surface area contributed by atoms with E-state index in [-0.39, 0.29) is 28.8 Å². The van der Waals surface area contributed by atoms with Crippen molar-refractivity contribution in [1.82, 2.24) is 30.5 Å². The van der Waals surface area contributed by atoms with Gasteiger partial charge in [-0.1, -0.05) is 34.7 Å². The Hall–Kier alpha value is -4.01. The molecule has 0 atom stereocenters. The third-order valence-electron chi connectivity index (χ3n) is 7.33. The molecule has 0 radical (unpaired) electrons. The maximum absolute atomic E-state index is 12.9. The van der Waals surface area contributed by atoms with E-state index < -0.39 is 5.91 Å². The van der Waals surface area contributed by atoms with Gasteiger partial charge in [-0.3, -0.25) is 14.6 Å². The summed E-state index contributed by atoms with van der Waals surface area (Å²) >= 11 is 2.10. The summed E-state index contributed by atoms with van der Waals surface area (Å²) < 4.78 is 6.32. The number of hydrogen-bond donors (Lipinski definition) is 4. The van der Waals surface area contributed by atoms with Crippen molar-refractivity contribution in [2.24, 2.45) is 4.99 Å². The largest absolute Gasteiger partial charge is 0.489 e. The Kier molecular flexibility index (Phi) is 8.81. The van der Waals surface area contributed by atoms with Crippen LogP contribution in [0.3, 0.4) is 0 Å². The second-order valence-corrected chi connectivity index (χ2v) is 10.9. The number of carbonyl (C=O) groups is 2. The molecule has 13 heteroatoms. The number of nitrogen functional groups attached to an aromatic ring is 2. The van der Waals surface area contributed by atoms with E-state index in [1.54, 1.807) is 12.4 Å². The number of anilines is 2. The molecule has 2 fully saturated rings. The van der Waals surface area contributed by atoms with Crippen LogP contribution >= 0.6 is 22.6 Å². The van der Waals surface area contributed by atoms with Gasteiger partial charge in [0, 0.05) is 42.9 Å². The molecule has 214 valence electrons. The first-order valence-electron chi connectivity index (χ1n) is 13.4. The van der Waals surface area contributed by atoms with Crippen molar-refractivity contribution >= 4 is 52.0 Å². The fourth-order valence-electron chi connectivity index (χ4n) is 4.86. The number of hydrogen-bond acceptors (Lipinski definition) is 8. The maximum atomic E-state index is 12.9. The number of carbonyl (C=O) groups excluding carboxylic acids is 2. The predicted molar refractivity (Wildman–Crippen MR) is 163 cm³/mol. The Balaban J connectivity index is 1.08. The molecule has 41 heavy (non-hydrogen) atoms. The number of likely N-dealkylation sites (tertiary alicyclic amines) is 1. The Labute approximate surface area is 251 Å². The summed E-state index contributed by atoms with van der Waals surface area (Å²) in [5, 5.41) is 6.54. The molecule has 2 aromatic heterocycles. The van der Waals surface area contributed by atoms with Gasteiger partial charge >= 0.3 is 5.91 Å². The van der Waals surface area contributed by atoms with Gasteiger partial charge in [-0.2, -0.15) is 4.99 Å². The molecule has 0 unspecified atom stereocenters. The molecule has 0 aliphatic carbocycles. The summed E-state index contributed by atoms with van der Waals surface area (Å²) in [6.07, 6.45) is 6.08. The number of nitrogens with two attached hydrogens (primary N) is 2. The van der Waals surface area contributed by atoms with Gasteiger partial charge in [0.1, 0.15) is 18.2 Å². The monoisotopic (exact) mass is 669 g/mol. The lowest BCUT2D eigenvalue weighted by atomic mass is 9.88. The molecule has 2 aliphatic heterocycles. The number of halogens is 1. The minimum Gasteiger partial charge on any atom is -0.489 e. The average Bonchev–Trinajstić information content (AvgIpc) is 3.37. The fourth-order valence-corrected chi connectivity index (χ4v) is 5.42. The van der Waals surface area contributed by atoms with E-state index in [0.717, 1.165) is 29.7 Å². The van der Waals surface area contributed by atoms with Crippen LogP contribution < -0.4 is 26.8 Å². The number of aliphatic imine (C=N–C) groups is 1. The first-order valence-corrected chi connectivity index (χ1v) is 14.9. The molecular weight excluding hydrogens is 637 g/mol. The third-order valence-corrected chi connectivity index (χ3v) is 8.05. The van der Waals surface area contributed by atoms with Crippen molar-refractivity contribution in [3.63, 3.8) is 0 Å². The number of ether oxygens (including phenoxy) is 1. The Morgan fingerprint density at radius 1 is 1.02 bits per heavy atom. The standard InChI is InChI=1S/C28H32IN9O3/c29-15-21-24(30)35-25(31)23(34-21)26(40)36-27-33-17-28(37-27)9-13-38(14-10-28)22(39)6-3-18-1-4-20(5-2-18)41-16-19-7-11-32-12-8-19/h1-2,4-5,7-8,11-12H,3,6,9-10,13-17H2,(H4,30,31,35)(H2,33,36,37,40). The van der Waals surface area contributed by atoms with E-state index in [4.69, 9.17) is 16.2 Å². The van der Waals surface area contributed by atoms with Crippen molar-refractivity contribution in [1.29, 1.82) is 0 Å². The van der Waals surface area contributed by atoms with Crippen LogP contribution in [0.4, 0.5) is 11.6 Å². The van der Waals surface area contributed by atoms with Crippen LogP contribution in [0.25, 0.3) is 0 Å². The van der Waals surface area contributed by atoms with Gasteiger partial charge < -0.3 is 31.7 Å². The number of pyridine rings is 1. The Morgan fingerprint density at radius 2 is 1.76 bits per heavy atom. The average molecular weight is 670 g/mol. The van der Waals surface area contributed by atoms with Gasteiger partial charge in [-0.05, 0) is 54.7 Å². The van der Waals surface area contributed by atoms with Crippen molar-refractivity contribution in [2.75, 3.05) is 31.1 Å². The lowest BCUT2D eigenvalue weighted by Gasteiger charge is -2.38. The van der Waals surface area contributed by atoms with Crippen molar-refractivity contribution in [3.8, 4) is 5.75 Å². The number of alkyl halides is 1. The topological polar surface area (TPSA) is 174 Å². The van der Waals surface area contributed by atoms with Crippen molar-refractivity contribution < 1.29 is 14.3 Å². The summed E-state index contributed by atoms with van der Waals surface area (Å²) in [5.74, 6) is 0.868. The normalized spacial score (nSPS) is 16.8. The molecule has 12 nitrogen and oxygen atoms in total. The van der Waals surface area contributed by atoms with Gasteiger partial charge in [0.15, 0.2) is 17.5 Å². The van der Waals surface area contributed by atoms with E-state index in [9.17, 15) is 9.59 Å². The second kappa shape index (κ2) is 12.7. The number of benzene rings is 1. The number of piperidine rings is 1. The maximum Gasteiger partial charge on any atom is 0.302 e. The first-order chi connectivity index (χ1) is 19.8. The van der Waals surface area contributed by atoms with Crippen molar-refractivity contribution in [2.45, 2.75) is 42.3 Å². The molecule has 2 aliphatic rings. The zero-order valence-corrected chi connectivity index (χ0v) is 24.6. The molecule has 2 saturated heterocycles. The fraction of sp³-hybridized carbons (Fsp3) is 0.357. The number of rotatable bonds is 8. The molecule has 4 heterocycles. The summed E-state index contributed by atoms with van der Waals surface area (Å²) in [4.78, 5) is 44.0. The highest BCUT2D eigenvalue weighted by Gasteiger charge is 2.40. The molecule has 0 bridgehead atoms. The highest BCUT2D eigenvalue weighted by molar-refractivity contribution is 14.1. The van der Waals surface area contributed by atoms with Gasteiger partial charge in [0.2, 0.25) is 5.91 Å². The number of guanidine groups is 1. The second-order valence-electron chi connectivity index (χ2n) is 10.1. The summed E-state index contributed by atoms with van der Waals surface area (Å²) in [7, 11) is 0. The quantitative estimate of drug-likeness (QED) is 0.206. The van der Waals surface area contributed by atoms with Crippen LogP contribution in [-0.4, -0.2) is 62.8 Å². The zero-order valence-electron chi connectivity index (χ0n) is 22.5. The van der Waals surface area contributed by atoms with E-state index in [0.29, 0.717) is 55.2 Å².